The summed E-state index contributed by atoms with van der Waals surface area (Å²) in [5, 5.41) is 8.74. The quantitative estimate of drug-likeness (QED) is 0.875. The fraction of sp³-hybridized carbons (Fsp3) is 0.455. The van der Waals surface area contributed by atoms with Crippen LogP contribution in [-0.2, 0) is 0 Å². The van der Waals surface area contributed by atoms with E-state index in [0.29, 0.717) is 0 Å². The van der Waals surface area contributed by atoms with E-state index in [0.717, 1.165) is 5.69 Å². The predicted octanol–water partition coefficient (Wildman–Crippen LogP) is 2.03. The summed E-state index contributed by atoms with van der Waals surface area (Å²) in [6, 6.07) is 3.04. The zero-order valence-corrected chi connectivity index (χ0v) is 10.4. The van der Waals surface area contributed by atoms with E-state index in [2.05, 4.69) is 0 Å². The molecule has 0 radical (unpaired) electrons. The van der Waals surface area contributed by atoms with Gasteiger partial charge in [0.15, 0.2) is 0 Å². The second-order valence-corrected chi connectivity index (χ2v) is 4.40. The molecule has 6 heteroatoms. The minimum absolute atomic E-state index is 0.122. The highest BCUT2D eigenvalue weighted by molar-refractivity contribution is 6.31. The van der Waals surface area contributed by atoms with Crippen molar-refractivity contribution in [2.75, 3.05) is 25.6 Å². The van der Waals surface area contributed by atoms with E-state index in [1.807, 2.05) is 14.1 Å². The van der Waals surface area contributed by atoms with Gasteiger partial charge in [0.25, 0.3) is 5.92 Å². The molecule has 0 saturated heterocycles. The lowest BCUT2D eigenvalue weighted by atomic mass is 10.0. The molecule has 0 aromatic heterocycles. The summed E-state index contributed by atoms with van der Waals surface area (Å²) in [5.41, 5.74) is 6.31. The van der Waals surface area contributed by atoms with Gasteiger partial charge in [0.2, 0.25) is 0 Å². The molecule has 0 amide bonds. The average Bonchev–Trinajstić information content (AvgIpc) is 2.27. The van der Waals surface area contributed by atoms with Crippen molar-refractivity contribution in [2.45, 2.75) is 12.0 Å². The molecule has 0 aliphatic carbocycles. The number of hydrogen-bond donors (Lipinski definition) is 2. The lowest BCUT2D eigenvalue weighted by Crippen LogP contribution is -2.36. The maximum absolute atomic E-state index is 13.2. The smallest absolute Gasteiger partial charge is 0.289 e. The van der Waals surface area contributed by atoms with E-state index in [9.17, 15) is 8.78 Å². The number of benzene rings is 1. The second-order valence-electron chi connectivity index (χ2n) is 4.00. The first-order valence-electron chi connectivity index (χ1n) is 5.00. The molecule has 17 heavy (non-hydrogen) atoms. The number of halogens is 3. The number of aliphatic hydroxyl groups excluding tert-OH is 1. The zero-order valence-electron chi connectivity index (χ0n) is 9.62. The molecule has 0 saturated carbocycles. The number of hydrogen-bond acceptors (Lipinski definition) is 3. The molecule has 0 heterocycles. The van der Waals surface area contributed by atoms with Crippen LogP contribution in [0.2, 0.25) is 5.02 Å². The number of anilines is 1. The summed E-state index contributed by atoms with van der Waals surface area (Å²) in [6.45, 7) is -1.31. The van der Waals surface area contributed by atoms with E-state index >= 15 is 0 Å². The Bertz CT molecular complexity index is 399. The number of aliphatic hydroxyl groups is 1. The Morgan fingerprint density at radius 3 is 2.47 bits per heavy atom. The summed E-state index contributed by atoms with van der Waals surface area (Å²) < 4.78 is 26.5. The molecule has 0 bridgehead atoms. The van der Waals surface area contributed by atoms with Crippen LogP contribution in [0.25, 0.3) is 0 Å². The third-order valence-corrected chi connectivity index (χ3v) is 2.83. The zero-order chi connectivity index (χ0) is 13.2. The van der Waals surface area contributed by atoms with Crippen LogP contribution in [0.5, 0.6) is 0 Å². The van der Waals surface area contributed by atoms with Gasteiger partial charge in [-0.25, -0.2) is 8.78 Å². The van der Waals surface area contributed by atoms with E-state index in [-0.39, 0.29) is 10.6 Å². The Morgan fingerprint density at radius 2 is 2.06 bits per heavy atom. The fourth-order valence-corrected chi connectivity index (χ4v) is 1.66. The molecule has 1 atom stereocenters. The van der Waals surface area contributed by atoms with Crippen LogP contribution >= 0.6 is 11.6 Å². The van der Waals surface area contributed by atoms with E-state index in [1.165, 1.54) is 6.07 Å². The van der Waals surface area contributed by atoms with E-state index in [1.54, 1.807) is 17.0 Å². The van der Waals surface area contributed by atoms with Crippen molar-refractivity contribution in [1.82, 2.24) is 0 Å². The Balaban J connectivity index is 3.08. The fourth-order valence-electron chi connectivity index (χ4n) is 1.37. The molecule has 0 unspecified atom stereocenters. The Kier molecular flexibility index (Phi) is 4.30. The minimum Gasteiger partial charge on any atom is -0.390 e. The van der Waals surface area contributed by atoms with Crippen LogP contribution in [0.4, 0.5) is 14.5 Å². The van der Waals surface area contributed by atoms with Gasteiger partial charge in [0, 0.05) is 24.8 Å². The molecule has 3 nitrogen and oxygen atoms in total. The van der Waals surface area contributed by atoms with Crippen molar-refractivity contribution in [3.05, 3.63) is 28.8 Å². The lowest BCUT2D eigenvalue weighted by molar-refractivity contribution is -0.0711. The summed E-state index contributed by atoms with van der Waals surface area (Å²) >= 11 is 5.91. The van der Waals surface area contributed by atoms with Gasteiger partial charge in [-0.2, -0.15) is 0 Å². The van der Waals surface area contributed by atoms with Crippen LogP contribution in [0.3, 0.4) is 0 Å². The number of alkyl halides is 2. The van der Waals surface area contributed by atoms with Crippen molar-refractivity contribution in [3.8, 4) is 0 Å². The van der Waals surface area contributed by atoms with Crippen LogP contribution in [0.1, 0.15) is 11.6 Å². The largest absolute Gasteiger partial charge is 0.390 e. The van der Waals surface area contributed by atoms with Gasteiger partial charge in [-0.3, -0.25) is 0 Å². The average molecular weight is 265 g/mol. The molecular formula is C11H15ClF2N2O. The highest BCUT2D eigenvalue weighted by Gasteiger charge is 2.38. The monoisotopic (exact) mass is 264 g/mol. The summed E-state index contributed by atoms with van der Waals surface area (Å²) in [6.07, 6.45) is 0. The Hall–Kier alpha value is -0.910. The Labute approximate surface area is 104 Å². The molecule has 0 aliphatic rings. The van der Waals surface area contributed by atoms with Crippen molar-refractivity contribution < 1.29 is 13.9 Å². The first-order valence-corrected chi connectivity index (χ1v) is 5.38. The topological polar surface area (TPSA) is 49.5 Å². The van der Waals surface area contributed by atoms with E-state index < -0.39 is 18.6 Å². The van der Waals surface area contributed by atoms with Crippen molar-refractivity contribution in [3.63, 3.8) is 0 Å². The standard InChI is InChI=1S/C11H15ClF2N2O/c1-16(2)7-3-4-8(9(12)5-7)10(15)11(13,14)6-17/h3-5,10,17H,6,15H2,1-2H3/t10-/m1/s1. The van der Waals surface area contributed by atoms with Crippen molar-refractivity contribution >= 4 is 17.3 Å². The molecular weight excluding hydrogens is 250 g/mol. The Morgan fingerprint density at radius 1 is 1.47 bits per heavy atom. The third kappa shape index (κ3) is 3.06. The van der Waals surface area contributed by atoms with Crippen LogP contribution in [-0.4, -0.2) is 31.7 Å². The van der Waals surface area contributed by atoms with Gasteiger partial charge < -0.3 is 15.7 Å². The normalized spacial score (nSPS) is 13.6. The summed E-state index contributed by atoms with van der Waals surface area (Å²) in [4.78, 5) is 1.80. The number of nitrogens with two attached hydrogens (primary N) is 1. The molecule has 1 aromatic carbocycles. The third-order valence-electron chi connectivity index (χ3n) is 2.50. The highest BCUT2D eigenvalue weighted by Crippen LogP contribution is 2.34. The van der Waals surface area contributed by atoms with Gasteiger partial charge in [-0.05, 0) is 17.7 Å². The van der Waals surface area contributed by atoms with Gasteiger partial charge in [-0.15, -0.1) is 0 Å². The predicted molar refractivity (Wildman–Crippen MR) is 64.7 cm³/mol. The minimum atomic E-state index is -3.39. The molecule has 0 spiro atoms. The van der Waals surface area contributed by atoms with Crippen molar-refractivity contribution in [2.24, 2.45) is 5.73 Å². The van der Waals surface area contributed by atoms with Crippen molar-refractivity contribution in [1.29, 1.82) is 0 Å². The lowest BCUT2D eigenvalue weighted by Gasteiger charge is -2.23. The molecule has 1 rings (SSSR count). The van der Waals surface area contributed by atoms with E-state index in [4.69, 9.17) is 22.4 Å². The van der Waals surface area contributed by atoms with Gasteiger partial charge in [0.05, 0.1) is 6.04 Å². The highest BCUT2D eigenvalue weighted by atomic mass is 35.5. The molecule has 3 N–H and O–H groups in total. The maximum atomic E-state index is 13.2. The van der Waals surface area contributed by atoms with Gasteiger partial charge in [0.1, 0.15) is 6.61 Å². The summed E-state index contributed by atoms with van der Waals surface area (Å²) in [7, 11) is 3.63. The molecule has 0 fully saturated rings. The van der Waals surface area contributed by atoms with Crippen LogP contribution in [0.15, 0.2) is 18.2 Å². The second kappa shape index (κ2) is 5.16. The van der Waals surface area contributed by atoms with Gasteiger partial charge in [-0.1, -0.05) is 17.7 Å². The number of rotatable bonds is 4. The first-order chi connectivity index (χ1) is 7.79. The molecule has 1 aromatic rings. The summed E-state index contributed by atoms with van der Waals surface area (Å²) in [5.74, 6) is -3.39. The molecule has 96 valence electrons. The SMILES string of the molecule is CN(C)c1ccc([C@@H](N)C(F)(F)CO)c(Cl)c1. The van der Waals surface area contributed by atoms with Crippen LogP contribution in [0, 0.1) is 0 Å². The maximum Gasteiger partial charge on any atom is 0.289 e. The first kappa shape index (κ1) is 14.2. The van der Waals surface area contributed by atoms with Gasteiger partial charge >= 0.3 is 0 Å². The molecule has 0 aliphatic heterocycles. The number of nitrogens with zero attached hydrogens (tertiary/aromatic N) is 1. The van der Waals surface area contributed by atoms with Crippen LogP contribution < -0.4 is 10.6 Å².